The van der Waals surface area contributed by atoms with Crippen molar-refractivity contribution in [3.05, 3.63) is 35.4 Å². The molecule has 0 aliphatic heterocycles. The zero-order chi connectivity index (χ0) is 10.4. The summed E-state index contributed by atoms with van der Waals surface area (Å²) >= 11 is 0. The summed E-state index contributed by atoms with van der Waals surface area (Å²) in [6.07, 6.45) is -0.0106. The van der Waals surface area contributed by atoms with Gasteiger partial charge in [-0.1, -0.05) is 30.9 Å². The summed E-state index contributed by atoms with van der Waals surface area (Å²) in [5.41, 5.74) is 1.21. The molecule has 0 heterocycles. The molecule has 1 rings (SSSR count). The summed E-state index contributed by atoms with van der Waals surface area (Å²) in [7, 11) is 0. The van der Waals surface area contributed by atoms with E-state index in [0.717, 1.165) is 0 Å². The van der Waals surface area contributed by atoms with E-state index in [1.807, 2.05) is 13.0 Å². The first kappa shape index (κ1) is 10.3. The summed E-state index contributed by atoms with van der Waals surface area (Å²) in [6.45, 7) is 1.86. The van der Waals surface area contributed by atoms with Gasteiger partial charge in [0.25, 0.3) is 0 Å². The van der Waals surface area contributed by atoms with Crippen LogP contribution in [0.1, 0.15) is 24.5 Å². The van der Waals surface area contributed by atoms with Crippen molar-refractivity contribution in [3.63, 3.8) is 0 Å². The second-order valence-electron chi connectivity index (χ2n) is 2.85. The molecule has 0 saturated heterocycles. The van der Waals surface area contributed by atoms with Gasteiger partial charge in [-0.2, -0.15) is 5.26 Å². The third-order valence-corrected chi connectivity index (χ3v) is 1.81. The molecule has 0 aliphatic carbocycles. The normalized spacial score (nSPS) is 10.9. The smallest absolute Gasteiger partial charge is 0.114 e. The topological polar surface area (TPSA) is 44.0 Å². The van der Waals surface area contributed by atoms with Crippen LogP contribution in [0.3, 0.4) is 0 Å². The lowest BCUT2D eigenvalue weighted by Gasteiger charge is -1.96. The van der Waals surface area contributed by atoms with Crippen molar-refractivity contribution in [1.29, 1.82) is 5.26 Å². The fourth-order valence-electron chi connectivity index (χ4n) is 0.953. The van der Waals surface area contributed by atoms with Crippen LogP contribution in [0.5, 0.6) is 0 Å². The molecule has 1 aromatic carbocycles. The molecular formula is C12H11NO. The van der Waals surface area contributed by atoms with Crippen molar-refractivity contribution in [2.24, 2.45) is 0 Å². The average molecular weight is 185 g/mol. The largest absolute Gasteiger partial charge is 0.380 e. The van der Waals surface area contributed by atoms with E-state index in [9.17, 15) is 5.11 Å². The second-order valence-corrected chi connectivity index (χ2v) is 2.85. The molecule has 70 valence electrons. The third-order valence-electron chi connectivity index (χ3n) is 1.81. The van der Waals surface area contributed by atoms with Crippen molar-refractivity contribution in [3.8, 4) is 17.9 Å². The van der Waals surface area contributed by atoms with E-state index in [1.165, 1.54) is 0 Å². The third kappa shape index (κ3) is 2.62. The second kappa shape index (κ2) is 5.07. The van der Waals surface area contributed by atoms with Gasteiger partial charge in [-0.05, 0) is 18.6 Å². The Bertz CT molecular complexity index is 406. The molecule has 0 amide bonds. The Morgan fingerprint density at radius 3 is 2.57 bits per heavy atom. The van der Waals surface area contributed by atoms with Crippen LogP contribution in [-0.4, -0.2) is 11.2 Å². The highest BCUT2D eigenvalue weighted by molar-refractivity contribution is 5.47. The van der Waals surface area contributed by atoms with Crippen LogP contribution in [-0.2, 0) is 0 Å². The average Bonchev–Trinajstić information content (AvgIpc) is 2.26. The Morgan fingerprint density at radius 1 is 1.36 bits per heavy atom. The predicted molar refractivity (Wildman–Crippen MR) is 54.3 cm³/mol. The minimum absolute atomic E-state index is 0.545. The lowest BCUT2D eigenvalue weighted by atomic mass is 10.1. The van der Waals surface area contributed by atoms with Crippen molar-refractivity contribution in [2.45, 2.75) is 19.4 Å². The Hall–Kier alpha value is -1.77. The van der Waals surface area contributed by atoms with Crippen molar-refractivity contribution < 1.29 is 5.11 Å². The van der Waals surface area contributed by atoms with Crippen LogP contribution < -0.4 is 0 Å². The SMILES string of the molecule is CC[C@@H](O)C#Cc1ccccc1C#N. The van der Waals surface area contributed by atoms with Gasteiger partial charge in [-0.15, -0.1) is 0 Å². The van der Waals surface area contributed by atoms with Gasteiger partial charge >= 0.3 is 0 Å². The maximum absolute atomic E-state index is 9.23. The number of aliphatic hydroxyl groups excluding tert-OH is 1. The van der Waals surface area contributed by atoms with Crippen LogP contribution in [0, 0.1) is 23.2 Å². The molecule has 1 aromatic rings. The van der Waals surface area contributed by atoms with Crippen molar-refractivity contribution in [2.75, 3.05) is 0 Å². The monoisotopic (exact) mass is 185 g/mol. The Labute approximate surface area is 83.8 Å². The molecule has 2 nitrogen and oxygen atoms in total. The number of nitriles is 1. The molecule has 0 bridgehead atoms. The summed E-state index contributed by atoms with van der Waals surface area (Å²) in [6, 6.07) is 9.15. The molecular weight excluding hydrogens is 174 g/mol. The Kier molecular flexibility index (Phi) is 3.73. The Morgan fingerprint density at radius 2 is 2.00 bits per heavy atom. The molecule has 0 radical (unpaired) electrons. The zero-order valence-electron chi connectivity index (χ0n) is 7.99. The quantitative estimate of drug-likeness (QED) is 0.676. The van der Waals surface area contributed by atoms with Gasteiger partial charge in [0.05, 0.1) is 5.56 Å². The fraction of sp³-hybridized carbons (Fsp3) is 0.250. The van der Waals surface area contributed by atoms with E-state index >= 15 is 0 Å². The molecule has 0 unspecified atom stereocenters. The molecule has 0 fully saturated rings. The van der Waals surface area contributed by atoms with E-state index in [1.54, 1.807) is 18.2 Å². The van der Waals surface area contributed by atoms with Crippen LogP contribution in [0.4, 0.5) is 0 Å². The number of nitrogens with zero attached hydrogens (tertiary/aromatic N) is 1. The van der Waals surface area contributed by atoms with Gasteiger partial charge in [0.1, 0.15) is 12.2 Å². The standard InChI is InChI=1S/C12H11NO/c1-2-12(14)8-7-10-5-3-4-6-11(10)9-13/h3-6,12,14H,2H2,1H3/t12-/m1/s1. The number of aliphatic hydroxyl groups is 1. The maximum atomic E-state index is 9.23. The van der Waals surface area contributed by atoms with Crippen LogP contribution in [0.15, 0.2) is 24.3 Å². The van der Waals surface area contributed by atoms with Crippen LogP contribution >= 0.6 is 0 Å². The summed E-state index contributed by atoms with van der Waals surface area (Å²) < 4.78 is 0. The molecule has 0 saturated carbocycles. The number of hydrogen-bond acceptors (Lipinski definition) is 2. The molecule has 0 aromatic heterocycles. The zero-order valence-corrected chi connectivity index (χ0v) is 7.99. The van der Waals surface area contributed by atoms with Crippen LogP contribution in [0.25, 0.3) is 0 Å². The maximum Gasteiger partial charge on any atom is 0.114 e. The van der Waals surface area contributed by atoms with E-state index in [0.29, 0.717) is 17.5 Å². The fourth-order valence-corrected chi connectivity index (χ4v) is 0.953. The first-order valence-corrected chi connectivity index (χ1v) is 4.46. The van der Waals surface area contributed by atoms with E-state index in [2.05, 4.69) is 17.9 Å². The number of benzene rings is 1. The lowest BCUT2D eigenvalue weighted by Crippen LogP contribution is -1.99. The molecule has 14 heavy (non-hydrogen) atoms. The van der Waals surface area contributed by atoms with Gasteiger partial charge in [-0.3, -0.25) is 0 Å². The highest BCUT2D eigenvalue weighted by Gasteiger charge is 1.96. The van der Waals surface area contributed by atoms with Gasteiger partial charge in [0.15, 0.2) is 0 Å². The minimum atomic E-state index is -0.609. The predicted octanol–water partition coefficient (Wildman–Crippen LogP) is 1.68. The number of hydrogen-bond donors (Lipinski definition) is 1. The first-order valence-electron chi connectivity index (χ1n) is 4.46. The molecule has 2 heteroatoms. The minimum Gasteiger partial charge on any atom is -0.380 e. The van der Waals surface area contributed by atoms with E-state index in [-0.39, 0.29) is 0 Å². The highest BCUT2D eigenvalue weighted by Crippen LogP contribution is 2.05. The Balaban J connectivity index is 2.96. The molecule has 0 aliphatic rings. The molecule has 1 atom stereocenters. The van der Waals surface area contributed by atoms with Gasteiger partial charge in [0.2, 0.25) is 0 Å². The van der Waals surface area contributed by atoms with Crippen molar-refractivity contribution >= 4 is 0 Å². The van der Waals surface area contributed by atoms with E-state index < -0.39 is 6.10 Å². The molecule has 0 spiro atoms. The summed E-state index contributed by atoms with van der Waals surface area (Å²) in [5.74, 6) is 5.47. The summed E-state index contributed by atoms with van der Waals surface area (Å²) in [4.78, 5) is 0. The first-order chi connectivity index (χ1) is 6.77. The van der Waals surface area contributed by atoms with E-state index in [4.69, 9.17) is 5.26 Å². The molecule has 1 N–H and O–H groups in total. The highest BCUT2D eigenvalue weighted by atomic mass is 16.3. The van der Waals surface area contributed by atoms with Gasteiger partial charge in [-0.25, -0.2) is 0 Å². The number of rotatable bonds is 1. The van der Waals surface area contributed by atoms with Gasteiger partial charge < -0.3 is 5.11 Å². The van der Waals surface area contributed by atoms with Crippen LogP contribution in [0.2, 0.25) is 0 Å². The lowest BCUT2D eigenvalue weighted by molar-refractivity contribution is 0.228. The summed E-state index contributed by atoms with van der Waals surface area (Å²) in [5, 5.41) is 18.0. The van der Waals surface area contributed by atoms with Crippen molar-refractivity contribution in [1.82, 2.24) is 0 Å². The van der Waals surface area contributed by atoms with Gasteiger partial charge in [0, 0.05) is 5.56 Å².